The van der Waals surface area contributed by atoms with Crippen LogP contribution >= 0.6 is 0 Å². The van der Waals surface area contributed by atoms with Crippen LogP contribution in [0.4, 0.5) is 0 Å². The number of hydrogen-bond acceptors (Lipinski definition) is 3. The molecule has 1 aliphatic rings. The Balaban J connectivity index is 1.55. The fourth-order valence-electron chi connectivity index (χ4n) is 5.96. The number of unbranched alkanes of at least 4 members (excludes halogenated alkanes) is 12. The molecule has 1 aliphatic heterocycles. The average molecular weight is 548 g/mol. The van der Waals surface area contributed by atoms with E-state index in [9.17, 15) is 0 Å². The van der Waals surface area contributed by atoms with Crippen molar-refractivity contribution in [2.45, 2.75) is 136 Å². The highest BCUT2D eigenvalue weighted by Gasteiger charge is 2.26. The van der Waals surface area contributed by atoms with Gasteiger partial charge in [-0.2, -0.15) is 0 Å². The van der Waals surface area contributed by atoms with E-state index < -0.39 is 0 Å². The van der Waals surface area contributed by atoms with Crippen molar-refractivity contribution in [3.05, 3.63) is 64.9 Å². The highest BCUT2D eigenvalue weighted by molar-refractivity contribution is 5.63. The van der Waals surface area contributed by atoms with Crippen LogP contribution in [0, 0.1) is 0 Å². The Morgan fingerprint density at radius 2 is 1.23 bits per heavy atom. The molecule has 0 aromatic heterocycles. The fourth-order valence-corrected chi connectivity index (χ4v) is 5.96. The first-order valence-electron chi connectivity index (χ1n) is 16.2. The molecule has 0 bridgehead atoms. The minimum Gasteiger partial charge on any atom is -0.493 e. The first-order chi connectivity index (χ1) is 19.4. The quantitative estimate of drug-likeness (QED) is 0.173. The van der Waals surface area contributed by atoms with E-state index in [0.717, 1.165) is 24.5 Å². The zero-order valence-electron chi connectivity index (χ0n) is 26.6. The minimum atomic E-state index is 0.175. The number of ether oxygens (including phenoxy) is 2. The second-order valence-electron chi connectivity index (χ2n) is 12.8. The monoisotopic (exact) mass is 547 g/mol. The maximum atomic E-state index is 5.70. The summed E-state index contributed by atoms with van der Waals surface area (Å²) >= 11 is 0. The lowest BCUT2D eigenvalue weighted by molar-refractivity contribution is 0.248. The third-order valence-corrected chi connectivity index (χ3v) is 8.56. The SMILES string of the molecule is CCCCCCCCCCCCCCCC1c2cc(OC)c(OC)cc2C=CN1Cc1ccc(C(C)(C)C)cc1. The van der Waals surface area contributed by atoms with Gasteiger partial charge in [0.25, 0.3) is 0 Å². The zero-order valence-corrected chi connectivity index (χ0v) is 26.6. The number of nitrogens with zero attached hydrogens (tertiary/aromatic N) is 1. The van der Waals surface area contributed by atoms with Crippen LogP contribution in [0.3, 0.4) is 0 Å². The van der Waals surface area contributed by atoms with Gasteiger partial charge in [0.1, 0.15) is 0 Å². The Bertz CT molecular complexity index is 1020. The third kappa shape index (κ3) is 9.89. The molecule has 0 aliphatic carbocycles. The Hall–Kier alpha value is -2.42. The van der Waals surface area contributed by atoms with Crippen molar-refractivity contribution in [1.82, 2.24) is 4.90 Å². The molecule has 1 unspecified atom stereocenters. The van der Waals surface area contributed by atoms with Crippen LogP contribution < -0.4 is 9.47 Å². The zero-order chi connectivity index (χ0) is 28.8. The van der Waals surface area contributed by atoms with Gasteiger partial charge < -0.3 is 14.4 Å². The summed E-state index contributed by atoms with van der Waals surface area (Å²) in [6, 6.07) is 13.9. The molecule has 0 radical (unpaired) electrons. The molecule has 0 spiro atoms. The minimum absolute atomic E-state index is 0.175. The smallest absolute Gasteiger partial charge is 0.161 e. The lowest BCUT2D eigenvalue weighted by Crippen LogP contribution is -2.26. The largest absolute Gasteiger partial charge is 0.493 e. The summed E-state index contributed by atoms with van der Waals surface area (Å²) in [4.78, 5) is 2.53. The van der Waals surface area contributed by atoms with Crippen LogP contribution in [0.5, 0.6) is 11.5 Å². The van der Waals surface area contributed by atoms with Gasteiger partial charge in [0, 0.05) is 12.7 Å². The number of rotatable bonds is 18. The van der Waals surface area contributed by atoms with E-state index in [4.69, 9.17) is 9.47 Å². The number of methoxy groups -OCH3 is 2. The Morgan fingerprint density at radius 3 is 1.75 bits per heavy atom. The summed E-state index contributed by atoms with van der Waals surface area (Å²) in [5.74, 6) is 1.62. The molecular weight excluding hydrogens is 490 g/mol. The van der Waals surface area contributed by atoms with E-state index in [1.165, 1.54) is 106 Å². The topological polar surface area (TPSA) is 21.7 Å². The van der Waals surface area contributed by atoms with E-state index in [-0.39, 0.29) is 5.41 Å². The Kier molecular flexibility index (Phi) is 13.4. The van der Waals surface area contributed by atoms with Crippen molar-refractivity contribution in [3.8, 4) is 11.5 Å². The molecule has 0 amide bonds. The maximum absolute atomic E-state index is 5.70. The maximum Gasteiger partial charge on any atom is 0.161 e. The van der Waals surface area contributed by atoms with Gasteiger partial charge in [-0.1, -0.05) is 135 Å². The predicted molar refractivity (Wildman–Crippen MR) is 172 cm³/mol. The van der Waals surface area contributed by atoms with Gasteiger partial charge in [0.2, 0.25) is 0 Å². The normalized spacial score (nSPS) is 14.8. The lowest BCUT2D eigenvalue weighted by Gasteiger charge is -2.36. The molecule has 0 fully saturated rings. The molecule has 0 N–H and O–H groups in total. The van der Waals surface area contributed by atoms with Crippen molar-refractivity contribution in [3.63, 3.8) is 0 Å². The molecule has 2 aromatic rings. The van der Waals surface area contributed by atoms with E-state index in [1.54, 1.807) is 14.2 Å². The second kappa shape index (κ2) is 16.7. The first-order valence-corrected chi connectivity index (χ1v) is 16.2. The van der Waals surface area contributed by atoms with Gasteiger partial charge >= 0.3 is 0 Å². The van der Waals surface area contributed by atoms with Gasteiger partial charge in [-0.05, 0) is 52.3 Å². The molecule has 0 saturated heterocycles. The van der Waals surface area contributed by atoms with Crippen LogP contribution in [0.2, 0.25) is 0 Å². The summed E-state index contributed by atoms with van der Waals surface area (Å²) in [6.45, 7) is 10.0. The van der Waals surface area contributed by atoms with Crippen molar-refractivity contribution in [2.75, 3.05) is 14.2 Å². The van der Waals surface area contributed by atoms with Gasteiger partial charge in [-0.25, -0.2) is 0 Å². The molecule has 222 valence electrons. The summed E-state index contributed by atoms with van der Waals surface area (Å²) in [5, 5.41) is 0. The second-order valence-corrected chi connectivity index (χ2v) is 12.8. The standard InChI is InChI=1S/C37H57NO2/c1-7-8-9-10-11-12-13-14-15-16-17-18-19-20-34-33-28-36(40-6)35(39-5)27-31(33)25-26-38(34)29-30-21-23-32(24-22-30)37(2,3)4/h21-28,34H,7-20,29H2,1-6H3. The molecule has 1 atom stereocenters. The van der Waals surface area contributed by atoms with E-state index in [2.05, 4.69) is 81.3 Å². The molecule has 3 rings (SSSR count). The highest BCUT2D eigenvalue weighted by Crippen LogP contribution is 2.41. The van der Waals surface area contributed by atoms with Crippen molar-refractivity contribution in [2.24, 2.45) is 0 Å². The van der Waals surface area contributed by atoms with Gasteiger partial charge in [-0.3, -0.25) is 0 Å². The van der Waals surface area contributed by atoms with Gasteiger partial charge in [-0.15, -0.1) is 0 Å². The Labute approximate surface area is 246 Å². The summed E-state index contributed by atoms with van der Waals surface area (Å²) in [5.41, 5.74) is 5.52. The molecule has 2 aromatic carbocycles. The molecule has 3 heteroatoms. The van der Waals surface area contributed by atoms with Crippen LogP contribution in [-0.4, -0.2) is 19.1 Å². The number of fused-ring (bicyclic) bond motifs is 1. The van der Waals surface area contributed by atoms with Gasteiger partial charge in [0.15, 0.2) is 11.5 Å². The highest BCUT2D eigenvalue weighted by atomic mass is 16.5. The Morgan fingerprint density at radius 1 is 0.700 bits per heavy atom. The summed E-state index contributed by atoms with van der Waals surface area (Å²) < 4.78 is 11.3. The lowest BCUT2D eigenvalue weighted by atomic mass is 9.86. The average Bonchev–Trinajstić information content (AvgIpc) is 2.95. The summed E-state index contributed by atoms with van der Waals surface area (Å²) in [6.07, 6.45) is 23.7. The molecule has 1 heterocycles. The van der Waals surface area contributed by atoms with Gasteiger partial charge in [0.05, 0.1) is 20.3 Å². The van der Waals surface area contributed by atoms with Crippen LogP contribution in [-0.2, 0) is 12.0 Å². The molecule has 0 saturated carbocycles. The van der Waals surface area contributed by atoms with E-state index in [1.807, 2.05) is 0 Å². The van der Waals surface area contributed by atoms with Crippen molar-refractivity contribution in [1.29, 1.82) is 0 Å². The molecule has 3 nitrogen and oxygen atoms in total. The van der Waals surface area contributed by atoms with Crippen LogP contribution in [0.25, 0.3) is 6.08 Å². The van der Waals surface area contributed by atoms with E-state index >= 15 is 0 Å². The van der Waals surface area contributed by atoms with Crippen molar-refractivity contribution >= 4 is 6.08 Å². The molecular formula is C37H57NO2. The first kappa shape index (κ1) is 32.1. The predicted octanol–water partition coefficient (Wildman–Crippen LogP) is 11.0. The van der Waals surface area contributed by atoms with Crippen molar-refractivity contribution < 1.29 is 9.47 Å². The van der Waals surface area contributed by atoms with E-state index in [0.29, 0.717) is 6.04 Å². The number of hydrogen-bond donors (Lipinski definition) is 0. The van der Waals surface area contributed by atoms with Crippen LogP contribution in [0.1, 0.15) is 146 Å². The number of benzene rings is 2. The third-order valence-electron chi connectivity index (χ3n) is 8.56. The van der Waals surface area contributed by atoms with Crippen LogP contribution in [0.15, 0.2) is 42.6 Å². The fraction of sp³-hybridized carbons (Fsp3) is 0.622. The molecule has 40 heavy (non-hydrogen) atoms. The summed E-state index contributed by atoms with van der Waals surface area (Å²) in [7, 11) is 3.45.